The predicted molar refractivity (Wildman–Crippen MR) is 149 cm³/mol. The first-order valence-electron chi connectivity index (χ1n) is 14.1. The topological polar surface area (TPSA) is 44.6 Å². The molecule has 6 nitrogen and oxygen atoms in total. The first kappa shape index (κ1) is 24.2. The van der Waals surface area contributed by atoms with Crippen LogP contribution < -0.4 is 4.90 Å². The van der Waals surface area contributed by atoms with Crippen LogP contribution in [-0.2, 0) is 12.8 Å². The molecule has 0 radical (unpaired) electrons. The average Bonchev–Trinajstić information content (AvgIpc) is 3.53. The minimum Gasteiger partial charge on any atom is -0.368 e. The molecule has 1 aromatic heterocycles. The van der Waals surface area contributed by atoms with Crippen LogP contribution in [0.25, 0.3) is 5.69 Å². The van der Waals surface area contributed by atoms with Crippen molar-refractivity contribution in [1.29, 1.82) is 0 Å². The van der Waals surface area contributed by atoms with Crippen LogP contribution >= 0.6 is 0 Å². The van der Waals surface area contributed by atoms with E-state index in [1.807, 2.05) is 47.7 Å². The zero-order valence-corrected chi connectivity index (χ0v) is 22.3. The number of amides is 1. The molecule has 37 heavy (non-hydrogen) atoms. The maximum absolute atomic E-state index is 13.2. The Kier molecular flexibility index (Phi) is 6.76. The monoisotopic (exact) mass is 497 g/mol. The highest BCUT2D eigenvalue weighted by Crippen LogP contribution is 2.28. The molecule has 2 fully saturated rings. The van der Waals surface area contributed by atoms with Crippen molar-refractivity contribution in [1.82, 2.24) is 19.6 Å². The van der Waals surface area contributed by atoms with Crippen LogP contribution in [0, 0.1) is 13.8 Å². The number of hydrogen-bond acceptors (Lipinski definition) is 4. The number of fused-ring (bicyclic) bond motifs is 1. The Morgan fingerprint density at radius 3 is 2.14 bits per heavy atom. The Hall–Kier alpha value is -3.12. The Morgan fingerprint density at radius 2 is 1.46 bits per heavy atom. The number of hydrogen-bond donors (Lipinski definition) is 0. The molecular weight excluding hydrogens is 458 g/mol. The van der Waals surface area contributed by atoms with Crippen molar-refractivity contribution < 1.29 is 4.79 Å². The predicted octanol–water partition coefficient (Wildman–Crippen LogP) is 4.79. The van der Waals surface area contributed by atoms with E-state index in [0.29, 0.717) is 0 Å². The molecule has 6 heteroatoms. The molecule has 3 heterocycles. The van der Waals surface area contributed by atoms with Gasteiger partial charge in [0, 0.05) is 62.3 Å². The van der Waals surface area contributed by atoms with Gasteiger partial charge in [-0.1, -0.05) is 18.9 Å². The normalized spacial score (nSPS) is 19.2. The van der Waals surface area contributed by atoms with Gasteiger partial charge in [-0.05, 0) is 93.1 Å². The van der Waals surface area contributed by atoms with Crippen LogP contribution in [-0.4, -0.2) is 70.8 Å². The fourth-order valence-electron chi connectivity index (χ4n) is 6.55. The summed E-state index contributed by atoms with van der Waals surface area (Å²) in [4.78, 5) is 20.4. The van der Waals surface area contributed by atoms with Gasteiger partial charge in [0.2, 0.25) is 0 Å². The molecule has 1 saturated carbocycles. The van der Waals surface area contributed by atoms with Gasteiger partial charge in [-0.25, -0.2) is 4.68 Å². The first-order valence-corrected chi connectivity index (χ1v) is 14.1. The lowest BCUT2D eigenvalue weighted by Crippen LogP contribution is -2.48. The molecule has 0 bridgehead atoms. The van der Waals surface area contributed by atoms with Crippen LogP contribution in [0.15, 0.2) is 48.5 Å². The largest absolute Gasteiger partial charge is 0.368 e. The Bertz CT molecular complexity index is 1250. The fourth-order valence-corrected chi connectivity index (χ4v) is 6.55. The Labute approximate surface area is 220 Å². The van der Waals surface area contributed by atoms with Crippen molar-refractivity contribution in [2.24, 2.45) is 0 Å². The Balaban J connectivity index is 1.07. The SMILES string of the molecule is Cc1cc(C)n(-c2ccc(C(=O)N3CCN(c4ccc5c(c4)CCN(C4CCCC4)CC5)CC3)cc2)n1. The van der Waals surface area contributed by atoms with E-state index in [1.165, 1.54) is 62.0 Å². The third-order valence-electron chi connectivity index (χ3n) is 8.67. The summed E-state index contributed by atoms with van der Waals surface area (Å²) in [6.07, 6.45) is 7.92. The maximum atomic E-state index is 13.2. The summed E-state index contributed by atoms with van der Waals surface area (Å²) in [7, 11) is 0. The average molecular weight is 498 g/mol. The van der Waals surface area contributed by atoms with E-state index < -0.39 is 0 Å². The molecule has 2 aliphatic heterocycles. The number of aromatic nitrogens is 2. The standard InChI is InChI=1S/C31H39N5O/c1-23-21-24(2)36(32-23)29-10-8-26(9-11-29)31(37)35-19-17-34(18-20-35)30-12-7-25-13-15-33(16-14-27(25)22-30)28-5-3-4-6-28/h7-12,21-22,28H,3-6,13-20H2,1-2H3. The van der Waals surface area contributed by atoms with Gasteiger partial charge >= 0.3 is 0 Å². The lowest BCUT2D eigenvalue weighted by Gasteiger charge is -2.36. The van der Waals surface area contributed by atoms with Gasteiger partial charge in [-0.3, -0.25) is 9.69 Å². The summed E-state index contributed by atoms with van der Waals surface area (Å²) in [5.74, 6) is 0.119. The van der Waals surface area contributed by atoms with Crippen LogP contribution in [0.5, 0.6) is 0 Å². The number of nitrogens with zero attached hydrogens (tertiary/aromatic N) is 5. The molecule has 2 aromatic carbocycles. The highest BCUT2D eigenvalue weighted by Gasteiger charge is 2.26. The summed E-state index contributed by atoms with van der Waals surface area (Å²) in [6.45, 7) is 9.72. The van der Waals surface area contributed by atoms with E-state index in [9.17, 15) is 4.79 Å². The summed E-state index contributed by atoms with van der Waals surface area (Å²) >= 11 is 0. The second-order valence-corrected chi connectivity index (χ2v) is 11.1. The van der Waals surface area contributed by atoms with Crippen LogP contribution in [0.1, 0.15) is 58.6 Å². The first-order chi connectivity index (χ1) is 18.0. The number of carbonyl (C=O) groups is 1. The molecule has 0 N–H and O–H groups in total. The molecule has 0 atom stereocenters. The van der Waals surface area contributed by atoms with Gasteiger partial charge in [0.05, 0.1) is 11.4 Å². The summed E-state index contributed by atoms with van der Waals surface area (Å²) < 4.78 is 1.93. The smallest absolute Gasteiger partial charge is 0.253 e. The Morgan fingerprint density at radius 1 is 0.784 bits per heavy atom. The van der Waals surface area contributed by atoms with Crippen LogP contribution in [0.4, 0.5) is 5.69 Å². The second-order valence-electron chi connectivity index (χ2n) is 11.1. The minimum atomic E-state index is 0.119. The zero-order valence-electron chi connectivity index (χ0n) is 22.3. The third kappa shape index (κ3) is 5.04. The number of piperazine rings is 1. The molecule has 1 aliphatic carbocycles. The fraction of sp³-hybridized carbons (Fsp3) is 0.484. The van der Waals surface area contributed by atoms with E-state index in [0.717, 1.165) is 61.3 Å². The molecule has 1 saturated heterocycles. The van der Waals surface area contributed by atoms with E-state index in [2.05, 4.69) is 39.2 Å². The summed E-state index contributed by atoms with van der Waals surface area (Å²) in [5, 5.41) is 4.55. The van der Waals surface area contributed by atoms with Gasteiger partial charge in [-0.15, -0.1) is 0 Å². The van der Waals surface area contributed by atoms with Crippen molar-refractivity contribution in [3.05, 3.63) is 76.6 Å². The second kappa shape index (κ2) is 10.3. The molecule has 194 valence electrons. The van der Waals surface area contributed by atoms with Crippen molar-refractivity contribution in [2.75, 3.05) is 44.2 Å². The van der Waals surface area contributed by atoms with E-state index in [4.69, 9.17) is 0 Å². The van der Waals surface area contributed by atoms with E-state index >= 15 is 0 Å². The molecule has 0 spiro atoms. The molecule has 3 aromatic rings. The lowest BCUT2D eigenvalue weighted by atomic mass is 10.0. The number of rotatable bonds is 4. The molecule has 0 unspecified atom stereocenters. The highest BCUT2D eigenvalue weighted by molar-refractivity contribution is 5.94. The number of carbonyl (C=O) groups excluding carboxylic acids is 1. The summed E-state index contributed by atoms with van der Waals surface area (Å²) in [6, 6.07) is 17.8. The van der Waals surface area contributed by atoms with Crippen molar-refractivity contribution in [2.45, 2.75) is 58.4 Å². The summed E-state index contributed by atoms with van der Waals surface area (Å²) in [5.41, 5.74) is 8.19. The molecular formula is C31H39N5O. The molecule has 1 amide bonds. The van der Waals surface area contributed by atoms with Crippen molar-refractivity contribution in [3.8, 4) is 5.69 Å². The quantitative estimate of drug-likeness (QED) is 0.520. The van der Waals surface area contributed by atoms with Gasteiger partial charge in [-0.2, -0.15) is 5.10 Å². The maximum Gasteiger partial charge on any atom is 0.253 e. The van der Waals surface area contributed by atoms with Gasteiger partial charge < -0.3 is 9.80 Å². The minimum absolute atomic E-state index is 0.119. The molecule has 6 rings (SSSR count). The zero-order chi connectivity index (χ0) is 25.4. The highest BCUT2D eigenvalue weighted by atomic mass is 16.2. The van der Waals surface area contributed by atoms with Crippen LogP contribution in [0.2, 0.25) is 0 Å². The lowest BCUT2D eigenvalue weighted by molar-refractivity contribution is 0.0747. The van der Waals surface area contributed by atoms with Gasteiger partial charge in [0.15, 0.2) is 0 Å². The number of anilines is 1. The number of aryl methyl sites for hydroxylation is 2. The van der Waals surface area contributed by atoms with E-state index in [1.54, 1.807) is 0 Å². The van der Waals surface area contributed by atoms with Crippen LogP contribution in [0.3, 0.4) is 0 Å². The van der Waals surface area contributed by atoms with Crippen molar-refractivity contribution >= 4 is 11.6 Å². The van der Waals surface area contributed by atoms with E-state index in [-0.39, 0.29) is 5.91 Å². The molecule has 3 aliphatic rings. The number of benzene rings is 2. The van der Waals surface area contributed by atoms with Gasteiger partial charge in [0.25, 0.3) is 5.91 Å². The van der Waals surface area contributed by atoms with Crippen molar-refractivity contribution in [3.63, 3.8) is 0 Å². The van der Waals surface area contributed by atoms with Gasteiger partial charge in [0.1, 0.15) is 0 Å². The third-order valence-corrected chi connectivity index (χ3v) is 8.67.